The molecule has 0 radical (unpaired) electrons. The summed E-state index contributed by atoms with van der Waals surface area (Å²) >= 11 is 5.65. The van der Waals surface area contributed by atoms with Gasteiger partial charge in [0.1, 0.15) is 11.5 Å². The number of nitrogen functional groups attached to an aromatic ring is 1. The SMILES string of the molecule is COC(=O)c1ccccc1N.COc1cc(OC)cc(C(=O)c2c(C=O)ccc(Cl)c2C(F)(F)F)c1.Cl. The summed E-state index contributed by atoms with van der Waals surface area (Å²) in [5.74, 6) is -0.992. The average Bonchev–Trinajstić information content (AvgIpc) is 2.87. The van der Waals surface area contributed by atoms with Crippen LogP contribution in [-0.4, -0.2) is 39.4 Å². The minimum atomic E-state index is -4.91. The molecule has 0 saturated carbocycles. The predicted octanol–water partition coefficient (Wildman–Crippen LogP) is 5.90. The number of aldehydes is 1. The Morgan fingerprint density at radius 1 is 0.946 bits per heavy atom. The summed E-state index contributed by atoms with van der Waals surface area (Å²) in [6.07, 6.45) is -4.74. The number of hydrogen-bond acceptors (Lipinski definition) is 7. The topological polar surface area (TPSA) is 105 Å². The van der Waals surface area contributed by atoms with Crippen molar-refractivity contribution in [3.8, 4) is 11.5 Å². The number of ether oxygens (including phenoxy) is 3. The minimum absolute atomic E-state index is 0. The highest BCUT2D eigenvalue weighted by atomic mass is 35.5. The van der Waals surface area contributed by atoms with Gasteiger partial charge in [-0.3, -0.25) is 9.59 Å². The Morgan fingerprint density at radius 2 is 1.51 bits per heavy atom. The van der Waals surface area contributed by atoms with Crippen LogP contribution >= 0.6 is 24.0 Å². The van der Waals surface area contributed by atoms with Gasteiger partial charge in [0, 0.05) is 28.4 Å². The lowest BCUT2D eigenvalue weighted by Gasteiger charge is -2.16. The number of carbonyl (C=O) groups excluding carboxylic acids is 3. The minimum Gasteiger partial charge on any atom is -0.497 e. The fourth-order valence-corrected chi connectivity index (χ4v) is 3.35. The number of halogens is 5. The zero-order valence-corrected chi connectivity index (χ0v) is 21.3. The summed E-state index contributed by atoms with van der Waals surface area (Å²) in [5.41, 5.74) is 3.64. The first-order chi connectivity index (χ1) is 17.0. The molecule has 0 aliphatic rings. The van der Waals surface area contributed by atoms with E-state index in [0.29, 0.717) is 11.3 Å². The number of alkyl halides is 3. The van der Waals surface area contributed by atoms with Gasteiger partial charge in [0.2, 0.25) is 0 Å². The second-order valence-corrected chi connectivity index (χ2v) is 7.42. The van der Waals surface area contributed by atoms with Crippen LogP contribution in [0.5, 0.6) is 11.5 Å². The van der Waals surface area contributed by atoms with E-state index >= 15 is 0 Å². The number of ketones is 1. The van der Waals surface area contributed by atoms with E-state index in [4.69, 9.17) is 26.8 Å². The Balaban J connectivity index is 0.000000479. The number of methoxy groups -OCH3 is 3. The molecule has 0 spiro atoms. The largest absolute Gasteiger partial charge is 0.497 e. The molecule has 3 rings (SSSR count). The standard InChI is InChI=1S/C17H12ClF3O4.C8H9NO2.ClH/c1-24-11-5-10(6-12(7-11)25-2)16(23)14-9(8-22)3-4-13(18)15(14)17(19,20)21;1-11-8(10)6-4-2-3-5-7(6)9;/h3-8H,1-2H3;2-5H,9H2,1H3;1H. The molecule has 0 atom stereocenters. The third-order valence-corrected chi connectivity index (χ3v) is 5.12. The molecule has 198 valence electrons. The van der Waals surface area contributed by atoms with E-state index < -0.39 is 39.6 Å². The van der Waals surface area contributed by atoms with Crippen molar-refractivity contribution in [2.45, 2.75) is 6.18 Å². The Bertz CT molecular complexity index is 1260. The number of esters is 1. The molecule has 3 aromatic rings. The van der Waals surface area contributed by atoms with Gasteiger partial charge in [0.25, 0.3) is 0 Å². The van der Waals surface area contributed by atoms with Gasteiger partial charge in [-0.25, -0.2) is 4.79 Å². The van der Waals surface area contributed by atoms with Crippen molar-refractivity contribution in [1.82, 2.24) is 0 Å². The zero-order chi connectivity index (χ0) is 27.0. The van der Waals surface area contributed by atoms with E-state index in [1.807, 2.05) is 0 Å². The van der Waals surface area contributed by atoms with Crippen LogP contribution in [0.1, 0.15) is 42.2 Å². The first kappa shape index (κ1) is 31.3. The van der Waals surface area contributed by atoms with E-state index in [0.717, 1.165) is 12.1 Å². The molecule has 3 aromatic carbocycles. The van der Waals surface area contributed by atoms with E-state index in [2.05, 4.69) is 4.74 Å². The van der Waals surface area contributed by atoms with Crippen molar-refractivity contribution < 1.29 is 41.8 Å². The maximum atomic E-state index is 13.4. The van der Waals surface area contributed by atoms with Gasteiger partial charge >= 0.3 is 12.1 Å². The van der Waals surface area contributed by atoms with Crippen LogP contribution in [0.4, 0.5) is 18.9 Å². The summed E-state index contributed by atoms with van der Waals surface area (Å²) in [5, 5.41) is -0.670. The van der Waals surface area contributed by atoms with Gasteiger partial charge in [0.05, 0.1) is 37.5 Å². The van der Waals surface area contributed by atoms with Gasteiger partial charge in [-0.1, -0.05) is 23.7 Å². The molecule has 0 amide bonds. The molecule has 12 heteroatoms. The number of benzene rings is 3. The Kier molecular flexibility index (Phi) is 11.4. The van der Waals surface area contributed by atoms with Crippen LogP contribution in [0.15, 0.2) is 54.6 Å². The molecule has 0 bridgehead atoms. The average molecular weight is 560 g/mol. The van der Waals surface area contributed by atoms with Gasteiger partial charge in [-0.05, 0) is 36.4 Å². The summed E-state index contributed by atoms with van der Waals surface area (Å²) in [7, 11) is 4.00. The lowest BCUT2D eigenvalue weighted by atomic mass is 9.93. The highest BCUT2D eigenvalue weighted by Gasteiger charge is 2.39. The smallest absolute Gasteiger partial charge is 0.418 e. The molecular weight excluding hydrogens is 538 g/mol. The molecule has 0 heterocycles. The zero-order valence-electron chi connectivity index (χ0n) is 19.7. The number of carbonyl (C=O) groups is 3. The van der Waals surface area contributed by atoms with E-state index in [1.165, 1.54) is 39.5 Å². The van der Waals surface area contributed by atoms with Crippen LogP contribution in [-0.2, 0) is 10.9 Å². The van der Waals surface area contributed by atoms with Crippen LogP contribution in [0, 0.1) is 0 Å². The van der Waals surface area contributed by atoms with Crippen molar-refractivity contribution in [1.29, 1.82) is 0 Å². The van der Waals surface area contributed by atoms with Crippen molar-refractivity contribution >= 4 is 47.7 Å². The molecule has 0 aromatic heterocycles. The highest BCUT2D eigenvalue weighted by molar-refractivity contribution is 6.32. The molecule has 0 fully saturated rings. The number of nitrogens with two attached hydrogens (primary N) is 1. The van der Waals surface area contributed by atoms with E-state index in [-0.39, 0.29) is 35.8 Å². The van der Waals surface area contributed by atoms with Crippen LogP contribution in [0.25, 0.3) is 0 Å². The van der Waals surface area contributed by atoms with Gasteiger partial charge in [-0.15, -0.1) is 12.4 Å². The second-order valence-electron chi connectivity index (χ2n) is 7.01. The number of anilines is 1. The van der Waals surface area contributed by atoms with Gasteiger partial charge in [-0.2, -0.15) is 13.2 Å². The molecular formula is C25H22Cl2F3NO6. The van der Waals surface area contributed by atoms with Crippen LogP contribution in [0.2, 0.25) is 5.02 Å². The van der Waals surface area contributed by atoms with Gasteiger partial charge < -0.3 is 19.9 Å². The normalized spacial score (nSPS) is 10.2. The molecule has 37 heavy (non-hydrogen) atoms. The molecule has 0 aliphatic carbocycles. The lowest BCUT2D eigenvalue weighted by molar-refractivity contribution is -0.137. The molecule has 7 nitrogen and oxygen atoms in total. The lowest BCUT2D eigenvalue weighted by Crippen LogP contribution is -2.17. The third kappa shape index (κ3) is 7.61. The van der Waals surface area contributed by atoms with Crippen molar-refractivity contribution in [3.63, 3.8) is 0 Å². The van der Waals surface area contributed by atoms with E-state index in [9.17, 15) is 27.6 Å². The Labute approximate surface area is 221 Å². The van der Waals surface area contributed by atoms with Crippen molar-refractivity contribution in [2.75, 3.05) is 27.1 Å². The van der Waals surface area contributed by atoms with Crippen LogP contribution < -0.4 is 15.2 Å². The fraction of sp³-hybridized carbons (Fsp3) is 0.160. The van der Waals surface area contributed by atoms with E-state index in [1.54, 1.807) is 24.3 Å². The fourth-order valence-electron chi connectivity index (χ4n) is 3.09. The number of rotatable bonds is 6. The van der Waals surface area contributed by atoms with Crippen LogP contribution in [0.3, 0.4) is 0 Å². The molecule has 2 N–H and O–H groups in total. The maximum Gasteiger partial charge on any atom is 0.418 e. The van der Waals surface area contributed by atoms with Crippen molar-refractivity contribution in [2.24, 2.45) is 0 Å². The predicted molar refractivity (Wildman–Crippen MR) is 134 cm³/mol. The Morgan fingerprint density at radius 3 is 1.97 bits per heavy atom. The monoisotopic (exact) mass is 559 g/mol. The second kappa shape index (κ2) is 13.5. The molecule has 0 unspecified atom stereocenters. The molecule has 0 saturated heterocycles. The summed E-state index contributed by atoms with van der Waals surface area (Å²) in [4.78, 5) is 34.9. The Hall–Kier alpha value is -3.76. The molecule has 0 aliphatic heterocycles. The van der Waals surface area contributed by atoms with Crippen molar-refractivity contribution in [3.05, 3.63) is 87.4 Å². The maximum absolute atomic E-state index is 13.4. The summed E-state index contributed by atoms with van der Waals surface area (Å²) in [6, 6.07) is 12.7. The quantitative estimate of drug-likeness (QED) is 0.173. The highest BCUT2D eigenvalue weighted by Crippen LogP contribution is 2.39. The number of hydrogen-bond donors (Lipinski definition) is 1. The van der Waals surface area contributed by atoms with Gasteiger partial charge in [0.15, 0.2) is 12.1 Å². The summed E-state index contributed by atoms with van der Waals surface area (Å²) < 4.78 is 54.7. The third-order valence-electron chi connectivity index (χ3n) is 4.80. The number of para-hydroxylation sites is 1. The first-order valence-corrected chi connectivity index (χ1v) is 10.4. The summed E-state index contributed by atoms with van der Waals surface area (Å²) in [6.45, 7) is 0. The first-order valence-electron chi connectivity index (χ1n) is 10.0.